The Morgan fingerprint density at radius 1 is 1.45 bits per heavy atom. The minimum absolute atomic E-state index is 0.169. The average Bonchev–Trinajstić information content (AvgIpc) is 2.78. The van der Waals surface area contributed by atoms with Crippen molar-refractivity contribution in [2.45, 2.75) is 13.5 Å². The molecule has 20 heavy (non-hydrogen) atoms. The zero-order valence-electron chi connectivity index (χ0n) is 11.4. The van der Waals surface area contributed by atoms with Gasteiger partial charge < -0.3 is 9.84 Å². The lowest BCUT2D eigenvalue weighted by Crippen LogP contribution is -2.05. The number of ether oxygens (including phenoxy) is 1. The number of rotatable bonds is 3. The van der Waals surface area contributed by atoms with Crippen molar-refractivity contribution in [1.29, 1.82) is 0 Å². The lowest BCUT2D eigenvalue weighted by atomic mass is 10.1. The van der Waals surface area contributed by atoms with Crippen LogP contribution in [-0.4, -0.2) is 28.6 Å². The van der Waals surface area contributed by atoms with Gasteiger partial charge in [0.2, 0.25) is 0 Å². The van der Waals surface area contributed by atoms with Gasteiger partial charge in [-0.15, -0.1) is 0 Å². The van der Waals surface area contributed by atoms with Crippen LogP contribution in [0.2, 0.25) is 5.02 Å². The van der Waals surface area contributed by atoms with E-state index in [1.54, 1.807) is 18.0 Å². The van der Waals surface area contributed by atoms with E-state index in [1.165, 1.54) is 0 Å². The molecule has 1 N–H and O–H groups in total. The highest BCUT2D eigenvalue weighted by Crippen LogP contribution is 2.20. The van der Waals surface area contributed by atoms with Crippen LogP contribution in [0.1, 0.15) is 16.8 Å². The van der Waals surface area contributed by atoms with Crippen molar-refractivity contribution in [2.24, 2.45) is 0 Å². The van der Waals surface area contributed by atoms with E-state index in [-0.39, 0.29) is 6.61 Å². The van der Waals surface area contributed by atoms with Gasteiger partial charge in [-0.05, 0) is 30.7 Å². The van der Waals surface area contributed by atoms with Crippen molar-refractivity contribution >= 4 is 11.6 Å². The fraction of sp³-hybridized carbons (Fsp3) is 0.267. The summed E-state index contributed by atoms with van der Waals surface area (Å²) in [6, 6.07) is 5.63. The summed E-state index contributed by atoms with van der Waals surface area (Å²) in [7, 11) is 1.62. The van der Waals surface area contributed by atoms with E-state index in [9.17, 15) is 0 Å². The molecular weight excluding hydrogens is 276 g/mol. The number of methoxy groups -OCH3 is 1. The third kappa shape index (κ3) is 3.13. The molecular formula is C15H15ClN2O2. The minimum atomic E-state index is -0.169. The highest BCUT2D eigenvalue weighted by atomic mass is 35.5. The zero-order valence-corrected chi connectivity index (χ0v) is 12.1. The standard InChI is InChI=1S/C15H15ClN2O2/c1-11-15(16)9-17-18(11)10-13-8-14(20-2)6-5-12(13)4-3-7-19/h5-6,8-9,19H,7,10H2,1-2H3. The van der Waals surface area contributed by atoms with Crippen LogP contribution in [0.15, 0.2) is 24.4 Å². The zero-order chi connectivity index (χ0) is 14.5. The topological polar surface area (TPSA) is 47.3 Å². The van der Waals surface area contributed by atoms with Crippen molar-refractivity contribution in [3.8, 4) is 17.6 Å². The van der Waals surface area contributed by atoms with Crippen LogP contribution in [0.25, 0.3) is 0 Å². The molecule has 0 aliphatic carbocycles. The lowest BCUT2D eigenvalue weighted by molar-refractivity contribution is 0.350. The number of aliphatic hydroxyl groups is 1. The van der Waals surface area contributed by atoms with Gasteiger partial charge in [-0.2, -0.15) is 5.10 Å². The normalized spacial score (nSPS) is 10.0. The maximum absolute atomic E-state index is 8.82. The van der Waals surface area contributed by atoms with Gasteiger partial charge in [0.15, 0.2) is 0 Å². The molecule has 2 rings (SSSR count). The second kappa shape index (κ2) is 6.47. The molecule has 0 saturated carbocycles. The van der Waals surface area contributed by atoms with E-state index in [2.05, 4.69) is 16.9 Å². The second-order valence-corrected chi connectivity index (χ2v) is 4.63. The Labute approximate surface area is 122 Å². The molecule has 0 aliphatic heterocycles. The molecule has 0 radical (unpaired) electrons. The Bertz CT molecular complexity index is 668. The molecule has 2 aromatic rings. The van der Waals surface area contributed by atoms with E-state index < -0.39 is 0 Å². The van der Waals surface area contributed by atoms with Crippen LogP contribution in [0.3, 0.4) is 0 Å². The largest absolute Gasteiger partial charge is 0.497 e. The van der Waals surface area contributed by atoms with Crippen molar-refractivity contribution in [3.05, 3.63) is 46.2 Å². The molecule has 0 fully saturated rings. The molecule has 0 spiro atoms. The molecule has 0 bridgehead atoms. The van der Waals surface area contributed by atoms with Gasteiger partial charge in [-0.1, -0.05) is 23.4 Å². The molecule has 0 atom stereocenters. The molecule has 5 heteroatoms. The average molecular weight is 291 g/mol. The summed E-state index contributed by atoms with van der Waals surface area (Å²) in [5.74, 6) is 6.34. The molecule has 0 saturated heterocycles. The van der Waals surface area contributed by atoms with E-state index in [1.807, 2.05) is 25.1 Å². The maximum atomic E-state index is 8.82. The summed E-state index contributed by atoms with van der Waals surface area (Å²) in [5.41, 5.74) is 2.70. The lowest BCUT2D eigenvalue weighted by Gasteiger charge is -2.09. The smallest absolute Gasteiger partial charge is 0.119 e. The van der Waals surface area contributed by atoms with E-state index in [0.717, 1.165) is 22.6 Å². The number of hydrogen-bond donors (Lipinski definition) is 1. The summed E-state index contributed by atoms with van der Waals surface area (Å²) in [5, 5.41) is 13.7. The Balaban J connectivity index is 2.39. The van der Waals surface area contributed by atoms with Crippen LogP contribution < -0.4 is 4.74 Å². The Morgan fingerprint density at radius 2 is 2.25 bits per heavy atom. The molecule has 1 heterocycles. The van der Waals surface area contributed by atoms with Crippen LogP contribution in [0, 0.1) is 18.8 Å². The summed E-state index contributed by atoms with van der Waals surface area (Å²) in [6.07, 6.45) is 1.62. The van der Waals surface area contributed by atoms with Crippen molar-refractivity contribution in [3.63, 3.8) is 0 Å². The monoisotopic (exact) mass is 290 g/mol. The molecule has 1 aromatic heterocycles. The predicted octanol–water partition coefficient (Wildman–Crippen LogP) is 2.25. The van der Waals surface area contributed by atoms with Crippen molar-refractivity contribution in [2.75, 3.05) is 13.7 Å². The van der Waals surface area contributed by atoms with Crippen LogP contribution >= 0.6 is 11.6 Å². The third-order valence-electron chi connectivity index (χ3n) is 2.98. The second-order valence-electron chi connectivity index (χ2n) is 4.22. The maximum Gasteiger partial charge on any atom is 0.119 e. The molecule has 4 nitrogen and oxygen atoms in total. The molecule has 104 valence electrons. The van der Waals surface area contributed by atoms with Gasteiger partial charge in [0.05, 0.1) is 30.6 Å². The van der Waals surface area contributed by atoms with Crippen molar-refractivity contribution in [1.82, 2.24) is 9.78 Å². The van der Waals surface area contributed by atoms with Gasteiger partial charge in [0, 0.05) is 5.56 Å². The first-order chi connectivity index (χ1) is 9.65. The third-order valence-corrected chi connectivity index (χ3v) is 3.35. The van der Waals surface area contributed by atoms with Crippen LogP contribution in [-0.2, 0) is 6.54 Å². The molecule has 0 unspecified atom stereocenters. The number of benzene rings is 1. The number of hydrogen-bond acceptors (Lipinski definition) is 3. The number of halogens is 1. The fourth-order valence-corrected chi connectivity index (χ4v) is 1.97. The number of aromatic nitrogens is 2. The first-order valence-corrected chi connectivity index (χ1v) is 6.48. The highest BCUT2D eigenvalue weighted by molar-refractivity contribution is 6.31. The first-order valence-electron chi connectivity index (χ1n) is 6.10. The Morgan fingerprint density at radius 3 is 2.85 bits per heavy atom. The van der Waals surface area contributed by atoms with E-state index in [4.69, 9.17) is 21.4 Å². The number of nitrogens with zero attached hydrogens (tertiary/aromatic N) is 2. The Hall–Kier alpha value is -1.96. The summed E-state index contributed by atoms with van der Waals surface area (Å²) < 4.78 is 7.04. The van der Waals surface area contributed by atoms with Gasteiger partial charge in [0.1, 0.15) is 12.4 Å². The van der Waals surface area contributed by atoms with Gasteiger partial charge in [-0.25, -0.2) is 0 Å². The van der Waals surface area contributed by atoms with E-state index >= 15 is 0 Å². The minimum Gasteiger partial charge on any atom is -0.497 e. The molecule has 1 aromatic carbocycles. The van der Waals surface area contributed by atoms with Crippen LogP contribution in [0.4, 0.5) is 0 Å². The number of aliphatic hydroxyl groups excluding tert-OH is 1. The molecule has 0 aliphatic rings. The Kier molecular flexibility index (Phi) is 4.67. The fourth-order valence-electron chi connectivity index (χ4n) is 1.83. The first kappa shape index (κ1) is 14.4. The SMILES string of the molecule is COc1ccc(C#CCO)c(Cn2ncc(Cl)c2C)c1. The van der Waals surface area contributed by atoms with Gasteiger partial charge >= 0.3 is 0 Å². The summed E-state index contributed by atoms with van der Waals surface area (Å²) in [6.45, 7) is 2.29. The highest BCUT2D eigenvalue weighted by Gasteiger charge is 2.08. The van der Waals surface area contributed by atoms with Crippen LogP contribution in [0.5, 0.6) is 5.75 Å². The van der Waals surface area contributed by atoms with Crippen molar-refractivity contribution < 1.29 is 9.84 Å². The summed E-state index contributed by atoms with van der Waals surface area (Å²) >= 11 is 6.01. The van der Waals surface area contributed by atoms with E-state index in [0.29, 0.717) is 11.6 Å². The van der Waals surface area contributed by atoms with Gasteiger partial charge in [-0.3, -0.25) is 4.68 Å². The summed E-state index contributed by atoms with van der Waals surface area (Å²) in [4.78, 5) is 0. The predicted molar refractivity (Wildman–Crippen MR) is 78.0 cm³/mol. The van der Waals surface area contributed by atoms with Gasteiger partial charge in [0.25, 0.3) is 0 Å². The molecule has 0 amide bonds. The quantitative estimate of drug-likeness (QED) is 0.882.